The quantitative estimate of drug-likeness (QED) is 0.158. The van der Waals surface area contributed by atoms with Crippen LogP contribution in [0.1, 0.15) is 33.4 Å². The van der Waals surface area contributed by atoms with Gasteiger partial charge in [-0.1, -0.05) is 78.9 Å². The number of pyridine rings is 2. The molecule has 0 atom stereocenters. The lowest BCUT2D eigenvalue weighted by atomic mass is 9.86. The monoisotopic (exact) mass is 788 g/mol. The van der Waals surface area contributed by atoms with Gasteiger partial charge in [-0.15, -0.1) is 0 Å². The minimum Gasteiger partial charge on any atom is -0.457 e. The second-order valence-corrected chi connectivity index (χ2v) is 16.5. The Labute approximate surface area is 355 Å². The molecule has 0 unspecified atom stereocenters. The van der Waals surface area contributed by atoms with Crippen LogP contribution >= 0.6 is 0 Å². The minimum absolute atomic E-state index is 0.742. The zero-order valence-corrected chi connectivity index (χ0v) is 35.2. The fourth-order valence-electron chi connectivity index (χ4n) is 9.99. The van der Waals surface area contributed by atoms with Crippen molar-refractivity contribution in [3.63, 3.8) is 0 Å². The van der Waals surface area contributed by atoms with Crippen LogP contribution in [0.25, 0.3) is 88.5 Å². The molecule has 0 spiro atoms. The largest absolute Gasteiger partial charge is 0.457 e. The summed E-state index contributed by atoms with van der Waals surface area (Å²) in [5, 5.41) is 5.67. The van der Waals surface area contributed by atoms with Crippen LogP contribution in [0.4, 0.5) is 0 Å². The molecule has 61 heavy (non-hydrogen) atoms. The van der Waals surface area contributed by atoms with Crippen LogP contribution in [0.15, 0.2) is 158 Å². The topological polar surface area (TPSA) is 44.3 Å². The Morgan fingerprint density at radius 1 is 0.443 bits per heavy atom. The first-order chi connectivity index (χ1) is 29.7. The van der Waals surface area contributed by atoms with E-state index in [1.54, 1.807) is 0 Å². The van der Waals surface area contributed by atoms with Crippen molar-refractivity contribution in [1.29, 1.82) is 0 Å². The molecule has 0 radical (unpaired) electrons. The number of nitrogens with zero attached hydrogens (tertiary/aromatic N) is 4. The van der Waals surface area contributed by atoms with E-state index in [1.165, 1.54) is 72.0 Å². The van der Waals surface area contributed by atoms with Gasteiger partial charge >= 0.3 is 0 Å². The summed E-state index contributed by atoms with van der Waals surface area (Å²) < 4.78 is 11.5. The number of aromatic nitrogens is 4. The molecule has 0 amide bonds. The van der Waals surface area contributed by atoms with Gasteiger partial charge in [0.2, 0.25) is 0 Å². The summed E-state index contributed by atoms with van der Waals surface area (Å²) in [6.45, 7) is 13.3. The molecule has 0 saturated heterocycles. The van der Waals surface area contributed by atoms with Crippen molar-refractivity contribution >= 4 is 49.1 Å². The molecule has 0 fully saturated rings. The van der Waals surface area contributed by atoms with Crippen LogP contribution in [0.2, 0.25) is 0 Å². The van der Waals surface area contributed by atoms with Gasteiger partial charge in [0.05, 0.1) is 28.4 Å². The van der Waals surface area contributed by atoms with Gasteiger partial charge in [0.25, 0.3) is 0 Å². The first kappa shape index (κ1) is 36.6. The number of fused-ring (bicyclic) bond motifs is 9. The van der Waals surface area contributed by atoms with Crippen molar-refractivity contribution in [2.75, 3.05) is 0 Å². The number of hydrogen-bond acceptors (Lipinski definition) is 3. The molecule has 0 saturated carbocycles. The smallest absolute Gasteiger partial charge is 0.145 e. The molecular weight excluding hydrogens is 745 g/mol. The number of ether oxygens (including phenoxy) is 1. The molecule has 7 aromatic carbocycles. The maximum atomic E-state index is 6.86. The Balaban J connectivity index is 1.20. The summed E-state index contributed by atoms with van der Waals surface area (Å²) in [7, 11) is 0. The van der Waals surface area contributed by atoms with Crippen LogP contribution in [0.5, 0.6) is 11.5 Å². The van der Waals surface area contributed by atoms with Gasteiger partial charge in [0.1, 0.15) is 23.0 Å². The maximum Gasteiger partial charge on any atom is 0.145 e. The lowest BCUT2D eigenvalue weighted by molar-refractivity contribution is 0.484. The number of para-hydroxylation sites is 1. The van der Waals surface area contributed by atoms with Crippen molar-refractivity contribution in [1.82, 2.24) is 18.9 Å². The van der Waals surface area contributed by atoms with E-state index in [2.05, 4.69) is 184 Å². The third kappa shape index (κ3) is 5.76. The van der Waals surface area contributed by atoms with E-state index >= 15 is 0 Å². The van der Waals surface area contributed by atoms with E-state index in [9.17, 15) is 0 Å². The summed E-state index contributed by atoms with van der Waals surface area (Å²) in [4.78, 5) is 10.0. The highest BCUT2D eigenvalue weighted by Gasteiger charge is 2.23. The van der Waals surface area contributed by atoms with Crippen LogP contribution < -0.4 is 4.74 Å². The van der Waals surface area contributed by atoms with Crippen molar-refractivity contribution in [2.24, 2.45) is 0 Å². The van der Waals surface area contributed by atoms with Crippen LogP contribution in [-0.4, -0.2) is 18.9 Å². The zero-order valence-electron chi connectivity index (χ0n) is 35.2. The van der Waals surface area contributed by atoms with Crippen molar-refractivity contribution in [3.05, 3.63) is 191 Å². The highest BCUT2D eigenvalue weighted by Crippen LogP contribution is 2.45. The van der Waals surface area contributed by atoms with Gasteiger partial charge in [-0.05, 0) is 163 Å². The summed E-state index contributed by atoms with van der Waals surface area (Å²) >= 11 is 0. The van der Waals surface area contributed by atoms with E-state index in [-0.39, 0.29) is 0 Å². The molecule has 0 N–H and O–H groups in total. The fourth-order valence-corrected chi connectivity index (χ4v) is 9.99. The molecule has 0 aliphatic rings. The molecule has 5 nitrogen and oxygen atoms in total. The Bertz CT molecular complexity index is 3510. The number of imidazole rings is 1. The van der Waals surface area contributed by atoms with E-state index in [4.69, 9.17) is 14.7 Å². The van der Waals surface area contributed by atoms with Crippen molar-refractivity contribution < 1.29 is 4.74 Å². The average Bonchev–Trinajstić information content (AvgIpc) is 3.84. The maximum absolute atomic E-state index is 6.86. The molecule has 4 heterocycles. The second-order valence-electron chi connectivity index (χ2n) is 16.5. The third-order valence-electron chi connectivity index (χ3n) is 12.6. The molecule has 294 valence electrons. The zero-order chi connectivity index (χ0) is 41.5. The lowest BCUT2D eigenvalue weighted by Crippen LogP contribution is -2.00. The Kier molecular flexibility index (Phi) is 8.43. The predicted molar refractivity (Wildman–Crippen MR) is 254 cm³/mol. The van der Waals surface area contributed by atoms with Gasteiger partial charge in [-0.3, -0.25) is 8.97 Å². The first-order valence-electron chi connectivity index (χ1n) is 21.0. The standard InChI is InChI=1S/C56H44N4O/c1-33-14-11-15-34(2)52(33)39-28-46(53-35(3)16-12-17-36(53)4)55-44-26-24-40(30-45(44)56-58-32-50(60(56)49(55)29-39)54-37(5)18-13-19-38(54)6)61-41-23-25-43-42-20-7-8-21-47(42)59(48(43)31-41)51-22-9-10-27-57-51/h7-32H,1-6H3. The summed E-state index contributed by atoms with van der Waals surface area (Å²) in [6, 6.07) is 52.0. The van der Waals surface area contributed by atoms with Crippen LogP contribution in [0.3, 0.4) is 0 Å². The highest BCUT2D eigenvalue weighted by atomic mass is 16.5. The fraction of sp³-hybridized carbons (Fsp3) is 0.107. The number of hydrogen-bond donors (Lipinski definition) is 0. The molecule has 5 heteroatoms. The van der Waals surface area contributed by atoms with Gasteiger partial charge in [0, 0.05) is 39.4 Å². The second kappa shape index (κ2) is 14.1. The number of aryl methyl sites for hydroxylation is 6. The van der Waals surface area contributed by atoms with Gasteiger partial charge in [-0.2, -0.15) is 0 Å². The van der Waals surface area contributed by atoms with Crippen molar-refractivity contribution in [2.45, 2.75) is 41.5 Å². The Morgan fingerprint density at radius 2 is 1.05 bits per heavy atom. The summed E-state index contributed by atoms with van der Waals surface area (Å²) in [5.74, 6) is 2.36. The highest BCUT2D eigenvalue weighted by molar-refractivity contribution is 6.19. The molecule has 11 rings (SSSR count). The van der Waals surface area contributed by atoms with E-state index in [0.717, 1.165) is 61.4 Å². The van der Waals surface area contributed by atoms with Gasteiger partial charge in [-0.25, -0.2) is 9.97 Å². The predicted octanol–water partition coefficient (Wildman–Crippen LogP) is 14.8. The minimum atomic E-state index is 0.742. The lowest BCUT2D eigenvalue weighted by Gasteiger charge is -2.21. The average molecular weight is 789 g/mol. The van der Waals surface area contributed by atoms with Crippen molar-refractivity contribution in [3.8, 4) is 50.8 Å². The Morgan fingerprint density at radius 3 is 1.74 bits per heavy atom. The number of benzene rings is 7. The van der Waals surface area contributed by atoms with E-state index < -0.39 is 0 Å². The summed E-state index contributed by atoms with van der Waals surface area (Å²) in [6.07, 6.45) is 3.90. The normalized spacial score (nSPS) is 11.8. The van der Waals surface area contributed by atoms with Gasteiger partial charge < -0.3 is 4.74 Å². The molecule has 0 aliphatic carbocycles. The Hall–Kier alpha value is -7.50. The molecule has 0 bridgehead atoms. The van der Waals surface area contributed by atoms with E-state index in [1.807, 2.05) is 24.4 Å². The molecule has 0 aliphatic heterocycles. The molecule has 11 aromatic rings. The number of rotatable bonds is 6. The third-order valence-corrected chi connectivity index (χ3v) is 12.6. The molecular formula is C56H44N4O. The molecule has 4 aromatic heterocycles. The van der Waals surface area contributed by atoms with Crippen LogP contribution in [-0.2, 0) is 0 Å². The SMILES string of the molecule is Cc1cccc(C)c1-c1cc(-c2c(C)cccc2C)c2c3ccc(Oc4ccc5c6ccccc6n(-c6ccccn6)c5c4)cc3c3ncc(-c4c(C)cccc4C)n3c2c1. The van der Waals surface area contributed by atoms with Gasteiger partial charge in [0.15, 0.2) is 0 Å². The first-order valence-corrected chi connectivity index (χ1v) is 21.0. The van der Waals surface area contributed by atoms with Crippen LogP contribution in [0, 0.1) is 41.5 Å². The van der Waals surface area contributed by atoms with E-state index in [0.29, 0.717) is 0 Å². The summed E-state index contributed by atoms with van der Waals surface area (Å²) in [5.41, 5.74) is 18.8.